The fourth-order valence-corrected chi connectivity index (χ4v) is 3.57. The number of pyridine rings is 1. The highest BCUT2D eigenvalue weighted by Gasteiger charge is 2.18. The minimum Gasteiger partial charge on any atom is -0.494 e. The van der Waals surface area contributed by atoms with E-state index in [9.17, 15) is 14.3 Å². The van der Waals surface area contributed by atoms with Crippen molar-refractivity contribution in [2.24, 2.45) is 0 Å². The highest BCUT2D eigenvalue weighted by atomic mass is 19.1. The van der Waals surface area contributed by atoms with Gasteiger partial charge in [0.2, 0.25) is 0 Å². The summed E-state index contributed by atoms with van der Waals surface area (Å²) in [6, 6.07) is 13.4. The van der Waals surface area contributed by atoms with Crippen LogP contribution in [0.1, 0.15) is 30.1 Å². The highest BCUT2D eigenvalue weighted by molar-refractivity contribution is 6.03. The molecule has 0 unspecified atom stereocenters. The van der Waals surface area contributed by atoms with Crippen LogP contribution in [0.4, 0.5) is 13.2 Å². The van der Waals surface area contributed by atoms with Crippen molar-refractivity contribution < 1.29 is 27.8 Å². The van der Waals surface area contributed by atoms with E-state index in [1.807, 2.05) is 6.92 Å². The lowest BCUT2D eigenvalue weighted by molar-refractivity contribution is 0.0699. The van der Waals surface area contributed by atoms with Gasteiger partial charge in [0.25, 0.3) is 0 Å². The van der Waals surface area contributed by atoms with Crippen LogP contribution in [0.15, 0.2) is 60.7 Å². The molecule has 0 saturated heterocycles. The second-order valence-electron chi connectivity index (χ2n) is 7.56. The topological polar surface area (TPSA) is 59.4 Å². The summed E-state index contributed by atoms with van der Waals surface area (Å²) in [6.45, 7) is 2.57. The molecule has 0 fully saturated rings. The number of aromatic carboxylic acids is 1. The van der Waals surface area contributed by atoms with E-state index < -0.39 is 23.4 Å². The number of ether oxygens (including phenoxy) is 1. The van der Waals surface area contributed by atoms with Crippen LogP contribution in [0.3, 0.4) is 0 Å². The number of hydrogen-bond acceptors (Lipinski definition) is 3. The van der Waals surface area contributed by atoms with Gasteiger partial charge in [0, 0.05) is 16.5 Å². The number of unbranched alkanes of at least 4 members (excludes halogenated alkanes) is 1. The molecule has 0 saturated carbocycles. The predicted octanol–water partition coefficient (Wildman–Crippen LogP) is 6.86. The SMILES string of the molecule is CCCCOc1cccc(-c2cc(F)c(-c3cc(C(=O)O)c4cc(F)ccc4n3)cc2F)c1. The van der Waals surface area contributed by atoms with E-state index in [-0.39, 0.29) is 33.3 Å². The number of nitrogens with zero attached hydrogens (tertiary/aromatic N) is 1. The summed E-state index contributed by atoms with van der Waals surface area (Å²) in [4.78, 5) is 15.9. The van der Waals surface area contributed by atoms with Gasteiger partial charge in [-0.3, -0.25) is 0 Å². The van der Waals surface area contributed by atoms with Gasteiger partial charge in [-0.05, 0) is 60.5 Å². The van der Waals surface area contributed by atoms with Gasteiger partial charge in [0.1, 0.15) is 23.2 Å². The number of rotatable bonds is 7. The Kier molecular flexibility index (Phi) is 6.31. The van der Waals surface area contributed by atoms with Crippen molar-refractivity contribution in [1.82, 2.24) is 4.98 Å². The van der Waals surface area contributed by atoms with Crippen LogP contribution < -0.4 is 4.74 Å². The van der Waals surface area contributed by atoms with Gasteiger partial charge >= 0.3 is 5.97 Å². The van der Waals surface area contributed by atoms with Crippen LogP contribution >= 0.6 is 0 Å². The minimum absolute atomic E-state index is 0.0403. The Labute approximate surface area is 188 Å². The Morgan fingerprint density at radius 1 is 0.970 bits per heavy atom. The number of benzene rings is 3. The largest absolute Gasteiger partial charge is 0.494 e. The normalized spacial score (nSPS) is 11.0. The average molecular weight is 451 g/mol. The molecule has 168 valence electrons. The summed E-state index contributed by atoms with van der Waals surface area (Å²) in [7, 11) is 0. The zero-order valence-corrected chi connectivity index (χ0v) is 17.7. The Hall–Kier alpha value is -3.87. The third-order valence-electron chi connectivity index (χ3n) is 5.25. The second-order valence-corrected chi connectivity index (χ2v) is 7.56. The summed E-state index contributed by atoms with van der Waals surface area (Å²) in [6.07, 6.45) is 1.86. The van der Waals surface area contributed by atoms with Crippen LogP contribution in [0, 0.1) is 17.5 Å². The molecule has 0 amide bonds. The third-order valence-corrected chi connectivity index (χ3v) is 5.25. The molecule has 0 aliphatic heterocycles. The molecule has 4 aromatic rings. The van der Waals surface area contributed by atoms with Crippen LogP contribution in [-0.4, -0.2) is 22.7 Å². The molecule has 0 radical (unpaired) electrons. The number of hydrogen-bond donors (Lipinski definition) is 1. The molecular weight excluding hydrogens is 431 g/mol. The predicted molar refractivity (Wildman–Crippen MR) is 120 cm³/mol. The maximum Gasteiger partial charge on any atom is 0.336 e. The molecule has 0 aliphatic carbocycles. The summed E-state index contributed by atoms with van der Waals surface area (Å²) in [5.74, 6) is -2.86. The fraction of sp³-hybridized carbons (Fsp3) is 0.154. The van der Waals surface area contributed by atoms with Gasteiger partial charge in [0.05, 0.1) is 23.4 Å². The lowest BCUT2D eigenvalue weighted by Gasteiger charge is -2.12. The van der Waals surface area contributed by atoms with E-state index in [2.05, 4.69) is 4.98 Å². The Bertz CT molecular complexity index is 1350. The van der Waals surface area contributed by atoms with E-state index in [4.69, 9.17) is 4.74 Å². The summed E-state index contributed by atoms with van der Waals surface area (Å²) in [5.41, 5.74) is 0.132. The van der Waals surface area contributed by atoms with Crippen LogP contribution in [0.5, 0.6) is 5.75 Å². The van der Waals surface area contributed by atoms with E-state index in [0.29, 0.717) is 17.9 Å². The first-order valence-corrected chi connectivity index (χ1v) is 10.4. The molecule has 1 heterocycles. The third kappa shape index (κ3) is 4.67. The zero-order valence-electron chi connectivity index (χ0n) is 17.7. The molecule has 0 bridgehead atoms. The van der Waals surface area contributed by atoms with Crippen molar-refractivity contribution in [1.29, 1.82) is 0 Å². The van der Waals surface area contributed by atoms with Crippen LogP contribution in [0.25, 0.3) is 33.3 Å². The molecular formula is C26H20F3NO3. The van der Waals surface area contributed by atoms with Crippen molar-refractivity contribution >= 4 is 16.9 Å². The van der Waals surface area contributed by atoms with Crippen molar-refractivity contribution in [2.75, 3.05) is 6.61 Å². The van der Waals surface area contributed by atoms with Crippen LogP contribution in [-0.2, 0) is 0 Å². The second kappa shape index (κ2) is 9.32. The standard InChI is InChI=1S/C26H20F3NO3/c1-2-3-9-33-17-6-4-5-15(10-17)18-12-23(29)21(13-22(18)28)25-14-20(26(31)32)19-11-16(27)7-8-24(19)30-25/h4-8,10-14H,2-3,9H2,1H3,(H,31,32). The number of carboxylic acid groups (broad SMARTS) is 1. The Balaban J connectivity index is 1.77. The molecule has 0 atom stereocenters. The molecule has 0 aliphatic rings. The Morgan fingerprint density at radius 2 is 1.73 bits per heavy atom. The van der Waals surface area contributed by atoms with E-state index in [1.54, 1.807) is 24.3 Å². The molecule has 3 aromatic carbocycles. The minimum atomic E-state index is -1.33. The Morgan fingerprint density at radius 3 is 2.48 bits per heavy atom. The smallest absolute Gasteiger partial charge is 0.336 e. The molecule has 4 rings (SSSR count). The first-order chi connectivity index (χ1) is 15.9. The van der Waals surface area contributed by atoms with E-state index >= 15 is 8.78 Å². The molecule has 1 aromatic heterocycles. The van der Waals surface area contributed by atoms with Crippen molar-refractivity contribution in [3.63, 3.8) is 0 Å². The van der Waals surface area contributed by atoms with Gasteiger partial charge in [-0.25, -0.2) is 22.9 Å². The average Bonchev–Trinajstić information content (AvgIpc) is 2.80. The number of aromatic nitrogens is 1. The fourth-order valence-electron chi connectivity index (χ4n) is 3.57. The van der Waals surface area contributed by atoms with Gasteiger partial charge in [0.15, 0.2) is 0 Å². The lowest BCUT2D eigenvalue weighted by atomic mass is 9.99. The molecule has 4 nitrogen and oxygen atoms in total. The lowest BCUT2D eigenvalue weighted by Crippen LogP contribution is -2.02. The first-order valence-electron chi connectivity index (χ1n) is 10.4. The number of carboxylic acids is 1. The van der Waals surface area contributed by atoms with Crippen molar-refractivity contribution in [2.45, 2.75) is 19.8 Å². The summed E-state index contributed by atoms with van der Waals surface area (Å²) < 4.78 is 49.4. The quantitative estimate of drug-likeness (QED) is 0.312. The number of carbonyl (C=O) groups is 1. The highest BCUT2D eigenvalue weighted by Crippen LogP contribution is 2.33. The molecule has 7 heteroatoms. The zero-order chi connectivity index (χ0) is 23.5. The maximum atomic E-state index is 15.1. The summed E-state index contributed by atoms with van der Waals surface area (Å²) in [5, 5.41) is 9.61. The molecule has 33 heavy (non-hydrogen) atoms. The molecule has 0 spiro atoms. The van der Waals surface area contributed by atoms with E-state index in [0.717, 1.165) is 43.2 Å². The van der Waals surface area contributed by atoms with Gasteiger partial charge in [-0.2, -0.15) is 0 Å². The van der Waals surface area contributed by atoms with Crippen molar-refractivity contribution in [3.05, 3.63) is 83.7 Å². The van der Waals surface area contributed by atoms with Crippen LogP contribution in [0.2, 0.25) is 0 Å². The monoisotopic (exact) mass is 451 g/mol. The molecule has 1 N–H and O–H groups in total. The number of fused-ring (bicyclic) bond motifs is 1. The number of halogens is 3. The maximum absolute atomic E-state index is 15.1. The first kappa shape index (κ1) is 22.3. The van der Waals surface area contributed by atoms with Gasteiger partial charge < -0.3 is 9.84 Å². The van der Waals surface area contributed by atoms with Crippen molar-refractivity contribution in [3.8, 4) is 28.1 Å². The van der Waals surface area contributed by atoms with E-state index in [1.165, 1.54) is 6.07 Å². The van der Waals surface area contributed by atoms with Gasteiger partial charge in [-0.15, -0.1) is 0 Å². The van der Waals surface area contributed by atoms with Gasteiger partial charge in [-0.1, -0.05) is 25.5 Å². The summed E-state index contributed by atoms with van der Waals surface area (Å²) >= 11 is 0.